The highest BCUT2D eigenvalue weighted by molar-refractivity contribution is 7.92. The molecule has 0 spiro atoms. The standard InChI is InChI=1S/C18H22N4O4S/c1-4-26-17-9-7-16(8-10-17)22(27(3,24)25)14(2)18(23)21-20-13-15-6-5-11-19-12-15/h5-14H,4H2,1-3H3,(H,21,23)/b20-13-/t14-/m1/s1. The maximum absolute atomic E-state index is 12.4. The van der Waals surface area contributed by atoms with Crippen LogP contribution in [-0.4, -0.2) is 44.4 Å². The molecule has 1 amide bonds. The number of hydrogen-bond acceptors (Lipinski definition) is 6. The summed E-state index contributed by atoms with van der Waals surface area (Å²) in [4.78, 5) is 16.3. The maximum Gasteiger partial charge on any atom is 0.263 e. The van der Waals surface area contributed by atoms with E-state index in [1.54, 1.807) is 48.8 Å². The van der Waals surface area contributed by atoms with E-state index < -0.39 is 22.0 Å². The van der Waals surface area contributed by atoms with Crippen LogP contribution in [0.5, 0.6) is 5.75 Å². The van der Waals surface area contributed by atoms with Gasteiger partial charge < -0.3 is 4.74 Å². The molecule has 1 atom stereocenters. The Balaban J connectivity index is 2.15. The Bertz CT molecular complexity index is 883. The lowest BCUT2D eigenvalue weighted by atomic mass is 10.2. The number of carbonyl (C=O) groups is 1. The van der Waals surface area contributed by atoms with Gasteiger partial charge in [0.05, 0.1) is 24.8 Å². The number of hydrogen-bond donors (Lipinski definition) is 1. The number of hydrazone groups is 1. The first-order valence-corrected chi connectivity index (χ1v) is 10.1. The van der Waals surface area contributed by atoms with Crippen molar-refractivity contribution in [1.29, 1.82) is 0 Å². The molecule has 144 valence electrons. The fourth-order valence-corrected chi connectivity index (χ4v) is 3.56. The lowest BCUT2D eigenvalue weighted by Gasteiger charge is -2.27. The third kappa shape index (κ3) is 5.78. The van der Waals surface area contributed by atoms with E-state index >= 15 is 0 Å². The summed E-state index contributed by atoms with van der Waals surface area (Å²) in [6, 6.07) is 9.01. The lowest BCUT2D eigenvalue weighted by Crippen LogP contribution is -2.46. The molecule has 0 fully saturated rings. The van der Waals surface area contributed by atoms with Gasteiger partial charge in [-0.1, -0.05) is 6.07 Å². The molecule has 27 heavy (non-hydrogen) atoms. The summed E-state index contributed by atoms with van der Waals surface area (Å²) >= 11 is 0. The summed E-state index contributed by atoms with van der Waals surface area (Å²) in [6.45, 7) is 3.85. The van der Waals surface area contributed by atoms with E-state index in [1.807, 2.05) is 6.92 Å². The van der Waals surface area contributed by atoms with E-state index in [0.29, 0.717) is 23.6 Å². The Kier molecular flexibility index (Phi) is 6.89. The monoisotopic (exact) mass is 390 g/mol. The SMILES string of the molecule is CCOc1ccc(N([C@H](C)C(=O)N/N=C\c2cccnc2)S(C)(=O)=O)cc1. The van der Waals surface area contributed by atoms with Crippen LogP contribution in [0.1, 0.15) is 19.4 Å². The molecule has 1 N–H and O–H groups in total. The van der Waals surface area contributed by atoms with Crippen molar-refractivity contribution in [1.82, 2.24) is 10.4 Å². The number of rotatable bonds is 8. The second-order valence-electron chi connectivity index (χ2n) is 5.68. The molecule has 0 bridgehead atoms. The number of amides is 1. The quantitative estimate of drug-likeness (QED) is 0.547. The second kappa shape index (κ2) is 9.13. The van der Waals surface area contributed by atoms with Gasteiger partial charge >= 0.3 is 0 Å². The fourth-order valence-electron chi connectivity index (χ4n) is 2.38. The van der Waals surface area contributed by atoms with Gasteiger partial charge in [-0.25, -0.2) is 13.8 Å². The smallest absolute Gasteiger partial charge is 0.263 e. The van der Waals surface area contributed by atoms with Crippen LogP contribution < -0.4 is 14.5 Å². The fraction of sp³-hybridized carbons (Fsp3) is 0.278. The van der Waals surface area contributed by atoms with E-state index in [4.69, 9.17) is 4.74 Å². The van der Waals surface area contributed by atoms with Crippen molar-refractivity contribution < 1.29 is 17.9 Å². The van der Waals surface area contributed by atoms with Crippen LogP contribution in [0, 0.1) is 0 Å². The number of aromatic nitrogens is 1. The third-order valence-corrected chi connectivity index (χ3v) is 4.81. The summed E-state index contributed by atoms with van der Waals surface area (Å²) in [5.74, 6) is 0.0577. The normalized spacial score (nSPS) is 12.6. The largest absolute Gasteiger partial charge is 0.494 e. The zero-order chi connectivity index (χ0) is 19.9. The minimum absolute atomic E-state index is 0.361. The van der Waals surface area contributed by atoms with Gasteiger partial charge in [-0.15, -0.1) is 0 Å². The van der Waals surface area contributed by atoms with Crippen LogP contribution in [0.2, 0.25) is 0 Å². The number of carbonyl (C=O) groups excluding carboxylic acids is 1. The molecule has 0 unspecified atom stereocenters. The average molecular weight is 390 g/mol. The molecule has 0 aliphatic heterocycles. The highest BCUT2D eigenvalue weighted by Crippen LogP contribution is 2.24. The number of pyridine rings is 1. The first-order valence-electron chi connectivity index (χ1n) is 8.28. The van der Waals surface area contributed by atoms with Crippen LogP contribution in [0.4, 0.5) is 5.69 Å². The molecule has 1 heterocycles. The minimum atomic E-state index is -3.69. The van der Waals surface area contributed by atoms with Gasteiger partial charge in [-0.3, -0.25) is 14.1 Å². The Morgan fingerprint density at radius 3 is 2.59 bits per heavy atom. The topological polar surface area (TPSA) is 101 Å². The molecule has 1 aromatic heterocycles. The van der Waals surface area contributed by atoms with E-state index in [1.165, 1.54) is 13.1 Å². The average Bonchev–Trinajstić information content (AvgIpc) is 2.63. The Labute approximate surface area is 158 Å². The molecule has 9 heteroatoms. The van der Waals surface area contributed by atoms with Gasteiger partial charge in [0.15, 0.2) is 0 Å². The van der Waals surface area contributed by atoms with E-state index in [9.17, 15) is 13.2 Å². The minimum Gasteiger partial charge on any atom is -0.494 e. The highest BCUT2D eigenvalue weighted by Gasteiger charge is 2.29. The van der Waals surface area contributed by atoms with Crippen molar-refractivity contribution in [2.24, 2.45) is 5.10 Å². The molecular weight excluding hydrogens is 368 g/mol. The Morgan fingerprint density at radius 1 is 1.33 bits per heavy atom. The van der Waals surface area contributed by atoms with Gasteiger partial charge in [0, 0.05) is 18.0 Å². The van der Waals surface area contributed by atoms with Gasteiger partial charge in [0.1, 0.15) is 11.8 Å². The molecule has 0 aliphatic carbocycles. The van der Waals surface area contributed by atoms with Crippen molar-refractivity contribution in [2.75, 3.05) is 17.2 Å². The summed E-state index contributed by atoms with van der Waals surface area (Å²) in [6.07, 6.45) is 5.69. The first-order chi connectivity index (χ1) is 12.8. The van der Waals surface area contributed by atoms with Crippen molar-refractivity contribution >= 4 is 27.8 Å². The molecule has 0 saturated carbocycles. The lowest BCUT2D eigenvalue weighted by molar-refractivity contribution is -0.121. The highest BCUT2D eigenvalue weighted by atomic mass is 32.2. The van der Waals surface area contributed by atoms with Gasteiger partial charge in [-0.05, 0) is 44.2 Å². The molecule has 0 radical (unpaired) electrons. The summed E-state index contributed by atoms with van der Waals surface area (Å²) in [5, 5.41) is 3.85. The number of nitrogens with zero attached hydrogens (tertiary/aromatic N) is 3. The maximum atomic E-state index is 12.4. The third-order valence-electron chi connectivity index (χ3n) is 3.56. The number of nitrogens with one attached hydrogen (secondary N) is 1. The van der Waals surface area contributed by atoms with Crippen LogP contribution in [-0.2, 0) is 14.8 Å². The van der Waals surface area contributed by atoms with Crippen molar-refractivity contribution in [3.8, 4) is 5.75 Å². The Morgan fingerprint density at radius 2 is 2.04 bits per heavy atom. The zero-order valence-corrected chi connectivity index (χ0v) is 16.2. The van der Waals surface area contributed by atoms with Crippen LogP contribution >= 0.6 is 0 Å². The van der Waals surface area contributed by atoms with Gasteiger partial charge in [0.2, 0.25) is 10.0 Å². The predicted octanol–water partition coefficient (Wildman–Crippen LogP) is 1.79. The summed E-state index contributed by atoms with van der Waals surface area (Å²) < 4.78 is 30.9. The first kappa shape index (κ1) is 20.4. The number of benzene rings is 1. The second-order valence-corrected chi connectivity index (χ2v) is 7.54. The zero-order valence-electron chi connectivity index (χ0n) is 15.4. The van der Waals surface area contributed by atoms with E-state index in [0.717, 1.165) is 10.6 Å². The van der Waals surface area contributed by atoms with Crippen molar-refractivity contribution in [3.63, 3.8) is 0 Å². The molecule has 2 rings (SSSR count). The molecule has 2 aromatic rings. The van der Waals surface area contributed by atoms with Gasteiger partial charge in [-0.2, -0.15) is 5.10 Å². The molecule has 8 nitrogen and oxygen atoms in total. The van der Waals surface area contributed by atoms with Gasteiger partial charge in [0.25, 0.3) is 5.91 Å². The van der Waals surface area contributed by atoms with E-state index in [-0.39, 0.29) is 0 Å². The number of ether oxygens (including phenoxy) is 1. The molecule has 0 aliphatic rings. The number of sulfonamides is 1. The molecule has 1 aromatic carbocycles. The van der Waals surface area contributed by atoms with Crippen LogP contribution in [0.3, 0.4) is 0 Å². The van der Waals surface area contributed by atoms with Crippen LogP contribution in [0.25, 0.3) is 0 Å². The summed E-state index contributed by atoms with van der Waals surface area (Å²) in [5.41, 5.74) is 3.42. The molecule has 0 saturated heterocycles. The number of anilines is 1. The van der Waals surface area contributed by atoms with E-state index in [2.05, 4.69) is 15.5 Å². The summed E-state index contributed by atoms with van der Waals surface area (Å²) in [7, 11) is -3.69. The van der Waals surface area contributed by atoms with Crippen molar-refractivity contribution in [2.45, 2.75) is 19.9 Å². The van der Waals surface area contributed by atoms with Crippen molar-refractivity contribution in [3.05, 3.63) is 54.4 Å². The van der Waals surface area contributed by atoms with Crippen LogP contribution in [0.15, 0.2) is 53.9 Å². The Hall–Kier alpha value is -2.94. The predicted molar refractivity (Wildman–Crippen MR) is 104 cm³/mol. The molecular formula is C18H22N4O4S.